The lowest BCUT2D eigenvalue weighted by atomic mass is 10.1. The van der Waals surface area contributed by atoms with Crippen LogP contribution < -0.4 is 5.73 Å². The molecule has 0 bridgehead atoms. The molecule has 34 heavy (non-hydrogen) atoms. The molecular formula is C24H29N7O3. The highest BCUT2D eigenvalue weighted by atomic mass is 16.6. The highest BCUT2D eigenvalue weighted by Gasteiger charge is 2.31. The molecule has 1 atom stereocenters. The molecule has 0 radical (unpaired) electrons. The number of ether oxygens (including phenoxy) is 1. The van der Waals surface area contributed by atoms with Gasteiger partial charge in [0.25, 0.3) is 0 Å². The second-order valence-electron chi connectivity index (χ2n) is 9.74. The van der Waals surface area contributed by atoms with Gasteiger partial charge in [-0.05, 0) is 57.4 Å². The molecule has 1 aromatic carbocycles. The monoisotopic (exact) mass is 463 g/mol. The van der Waals surface area contributed by atoms with E-state index >= 15 is 0 Å². The summed E-state index contributed by atoms with van der Waals surface area (Å²) < 4.78 is 7.45. The fraction of sp³-hybridized carbons (Fsp3) is 0.417. The molecule has 1 saturated heterocycles. The van der Waals surface area contributed by atoms with Crippen LogP contribution in [0.25, 0.3) is 33.3 Å². The minimum atomic E-state index is -0.553. The number of carbonyl (C=O) groups excluding carboxylic acids is 1. The highest BCUT2D eigenvalue weighted by Crippen LogP contribution is 2.35. The van der Waals surface area contributed by atoms with Crippen LogP contribution in [0.15, 0.2) is 30.6 Å². The molecule has 0 saturated carbocycles. The third-order valence-corrected chi connectivity index (χ3v) is 6.04. The number of aromatic nitrogens is 5. The molecule has 1 aliphatic heterocycles. The maximum atomic E-state index is 12.7. The van der Waals surface area contributed by atoms with Crippen molar-refractivity contribution in [3.63, 3.8) is 0 Å². The normalized spacial score (nSPS) is 16.9. The zero-order chi connectivity index (χ0) is 24.0. The molecule has 4 heterocycles. The number of piperidine rings is 1. The standard InChI is InChI=1S/C24H29N7O3/c1-24(2,3)34-23(33)30-8-4-5-16(11-30)31-22-19(21(25)26-13-27-22)20(29-31)18-10-15-9-14(12-32)6-7-17(15)28-18/h6-7,9-10,13,16,28,32H,4-5,8,11-12H2,1-3H3,(H2,25,26,27)/t16-/m1/s1. The molecule has 178 valence electrons. The number of nitrogens with two attached hydrogens (primary N) is 1. The van der Waals surface area contributed by atoms with E-state index in [0.717, 1.165) is 35.0 Å². The summed E-state index contributed by atoms with van der Waals surface area (Å²) in [5, 5.41) is 16.0. The molecular weight excluding hydrogens is 434 g/mol. The molecule has 4 N–H and O–H groups in total. The summed E-state index contributed by atoms with van der Waals surface area (Å²) in [6, 6.07) is 7.67. The largest absolute Gasteiger partial charge is 0.444 e. The lowest BCUT2D eigenvalue weighted by Gasteiger charge is -2.34. The third-order valence-electron chi connectivity index (χ3n) is 6.04. The van der Waals surface area contributed by atoms with Gasteiger partial charge in [0.05, 0.1) is 23.7 Å². The second-order valence-corrected chi connectivity index (χ2v) is 9.74. The summed E-state index contributed by atoms with van der Waals surface area (Å²) >= 11 is 0. The van der Waals surface area contributed by atoms with Crippen molar-refractivity contribution in [2.75, 3.05) is 18.8 Å². The Morgan fingerprint density at radius 1 is 1.29 bits per heavy atom. The summed E-state index contributed by atoms with van der Waals surface area (Å²) in [6.07, 6.45) is 2.80. The van der Waals surface area contributed by atoms with Crippen LogP contribution in [0.4, 0.5) is 10.6 Å². The average molecular weight is 464 g/mol. The van der Waals surface area contributed by atoms with Crippen molar-refractivity contribution < 1.29 is 14.6 Å². The number of aliphatic hydroxyl groups is 1. The maximum absolute atomic E-state index is 12.7. The van der Waals surface area contributed by atoms with Gasteiger partial charge in [-0.3, -0.25) is 0 Å². The van der Waals surface area contributed by atoms with Gasteiger partial charge >= 0.3 is 6.09 Å². The fourth-order valence-corrected chi connectivity index (χ4v) is 4.49. The van der Waals surface area contributed by atoms with E-state index in [-0.39, 0.29) is 18.7 Å². The Labute approximate surface area is 196 Å². The predicted octanol–water partition coefficient (Wildman–Crippen LogP) is 3.62. The lowest BCUT2D eigenvalue weighted by molar-refractivity contribution is 0.0169. The Hall–Kier alpha value is -3.66. The molecule has 5 rings (SSSR count). The number of amides is 1. The van der Waals surface area contributed by atoms with Gasteiger partial charge in [0.2, 0.25) is 0 Å². The topological polar surface area (TPSA) is 135 Å². The van der Waals surface area contributed by atoms with Gasteiger partial charge in [0.15, 0.2) is 5.65 Å². The Morgan fingerprint density at radius 3 is 2.88 bits per heavy atom. The summed E-state index contributed by atoms with van der Waals surface area (Å²) in [4.78, 5) is 26.5. The Morgan fingerprint density at radius 2 is 2.12 bits per heavy atom. The van der Waals surface area contributed by atoms with Crippen LogP contribution in [0, 0.1) is 0 Å². The number of nitrogen functional groups attached to an aromatic ring is 1. The van der Waals surface area contributed by atoms with E-state index in [9.17, 15) is 9.90 Å². The number of hydrogen-bond acceptors (Lipinski definition) is 7. The number of benzene rings is 1. The molecule has 1 fully saturated rings. The van der Waals surface area contributed by atoms with Crippen molar-refractivity contribution in [2.24, 2.45) is 0 Å². The second kappa shape index (κ2) is 8.28. The van der Waals surface area contributed by atoms with E-state index in [1.807, 2.05) is 49.7 Å². The minimum absolute atomic E-state index is 0.0232. The third kappa shape index (κ3) is 4.05. The number of nitrogens with one attached hydrogen (secondary N) is 1. The van der Waals surface area contributed by atoms with Crippen molar-refractivity contribution in [1.82, 2.24) is 29.6 Å². The molecule has 0 unspecified atom stereocenters. The Balaban J connectivity index is 1.55. The first-order valence-corrected chi connectivity index (χ1v) is 11.4. The number of carbonyl (C=O) groups is 1. The van der Waals surface area contributed by atoms with E-state index in [0.29, 0.717) is 35.6 Å². The minimum Gasteiger partial charge on any atom is -0.444 e. The molecule has 4 aromatic rings. The van der Waals surface area contributed by atoms with Gasteiger partial charge in [-0.1, -0.05) is 6.07 Å². The molecule has 3 aromatic heterocycles. The van der Waals surface area contributed by atoms with Crippen molar-refractivity contribution in [3.05, 3.63) is 36.2 Å². The summed E-state index contributed by atoms with van der Waals surface area (Å²) in [5.74, 6) is 0.348. The van der Waals surface area contributed by atoms with Crippen molar-refractivity contribution in [2.45, 2.75) is 51.9 Å². The number of fused-ring (bicyclic) bond motifs is 2. The first-order valence-electron chi connectivity index (χ1n) is 11.4. The SMILES string of the molecule is CC(C)(C)OC(=O)N1CCC[C@@H](n2nc(-c3cc4cc(CO)ccc4[nH]3)c3c(N)ncnc32)C1. The van der Waals surface area contributed by atoms with E-state index in [1.165, 1.54) is 6.33 Å². The maximum Gasteiger partial charge on any atom is 0.410 e. The molecule has 10 nitrogen and oxygen atoms in total. The smallest absolute Gasteiger partial charge is 0.410 e. The number of nitrogens with zero attached hydrogens (tertiary/aromatic N) is 5. The van der Waals surface area contributed by atoms with Crippen LogP contribution in [0.2, 0.25) is 0 Å². The molecule has 0 aliphatic carbocycles. The number of likely N-dealkylation sites (tertiary alicyclic amines) is 1. The summed E-state index contributed by atoms with van der Waals surface area (Å²) in [7, 11) is 0. The Kier molecular flexibility index (Phi) is 5.40. The van der Waals surface area contributed by atoms with Crippen LogP contribution in [0.3, 0.4) is 0 Å². The average Bonchev–Trinajstić information content (AvgIpc) is 3.39. The van der Waals surface area contributed by atoms with Gasteiger partial charge in [0, 0.05) is 24.0 Å². The molecule has 10 heteroatoms. The van der Waals surface area contributed by atoms with Gasteiger partial charge in [-0.25, -0.2) is 19.4 Å². The first kappa shape index (κ1) is 22.1. The van der Waals surface area contributed by atoms with Crippen LogP contribution >= 0.6 is 0 Å². The molecule has 1 aliphatic rings. The lowest BCUT2D eigenvalue weighted by Crippen LogP contribution is -2.43. The highest BCUT2D eigenvalue weighted by molar-refractivity contribution is 6.00. The van der Waals surface area contributed by atoms with Crippen LogP contribution in [0.5, 0.6) is 0 Å². The van der Waals surface area contributed by atoms with Gasteiger partial charge in [-0.2, -0.15) is 5.10 Å². The summed E-state index contributed by atoms with van der Waals surface area (Å²) in [5.41, 5.74) is 9.57. The van der Waals surface area contributed by atoms with E-state index < -0.39 is 5.60 Å². The van der Waals surface area contributed by atoms with Gasteiger partial charge in [-0.15, -0.1) is 0 Å². The Bertz CT molecular complexity index is 1370. The number of aliphatic hydroxyl groups excluding tert-OH is 1. The van der Waals surface area contributed by atoms with Crippen molar-refractivity contribution in [3.8, 4) is 11.4 Å². The number of anilines is 1. The number of hydrogen-bond donors (Lipinski definition) is 3. The quantitative estimate of drug-likeness (QED) is 0.422. The van der Waals surface area contributed by atoms with Crippen LogP contribution in [0.1, 0.15) is 45.2 Å². The number of rotatable bonds is 3. The van der Waals surface area contributed by atoms with Crippen molar-refractivity contribution >= 4 is 33.8 Å². The first-order chi connectivity index (χ1) is 16.2. The van der Waals surface area contributed by atoms with Gasteiger partial charge < -0.3 is 25.5 Å². The van der Waals surface area contributed by atoms with E-state index in [2.05, 4.69) is 15.0 Å². The zero-order valence-corrected chi connectivity index (χ0v) is 19.6. The fourth-order valence-electron chi connectivity index (χ4n) is 4.49. The van der Waals surface area contributed by atoms with Crippen LogP contribution in [-0.2, 0) is 11.3 Å². The van der Waals surface area contributed by atoms with Crippen LogP contribution in [-0.4, -0.2) is 59.5 Å². The summed E-state index contributed by atoms with van der Waals surface area (Å²) in [6.45, 7) is 6.69. The number of H-pyrrole nitrogens is 1. The predicted molar refractivity (Wildman–Crippen MR) is 129 cm³/mol. The molecule has 0 spiro atoms. The number of aromatic amines is 1. The van der Waals surface area contributed by atoms with E-state index in [4.69, 9.17) is 15.6 Å². The van der Waals surface area contributed by atoms with E-state index in [1.54, 1.807) is 4.90 Å². The van der Waals surface area contributed by atoms with Crippen molar-refractivity contribution in [1.29, 1.82) is 0 Å². The molecule has 1 amide bonds. The van der Waals surface area contributed by atoms with Gasteiger partial charge in [0.1, 0.15) is 23.4 Å². The zero-order valence-electron chi connectivity index (χ0n) is 19.6.